The van der Waals surface area contributed by atoms with Gasteiger partial charge in [-0.3, -0.25) is 48.5 Å². The number of fused-ring (bicyclic) bond motifs is 6. The van der Waals surface area contributed by atoms with Crippen LogP contribution in [0.15, 0.2) is 49.3 Å². The number of nitrogens with two attached hydrogens (primary N) is 6. The molecule has 2 unspecified atom stereocenters. The van der Waals surface area contributed by atoms with E-state index in [1.807, 2.05) is 61.5 Å². The Kier molecular flexibility index (Phi) is 13.1. The normalized spacial score (nSPS) is 36.2. The molecule has 0 aromatic rings. The van der Waals surface area contributed by atoms with Crippen molar-refractivity contribution in [2.45, 2.75) is 138 Å². The van der Waals surface area contributed by atoms with Gasteiger partial charge in [-0.25, -0.2) is 0 Å². The number of carbonyl (C=O) groups excluding carboxylic acids is 6. The van der Waals surface area contributed by atoms with Crippen LogP contribution in [0.5, 0.6) is 0 Å². The molecule has 6 amide bonds. The molecule has 18 nitrogen and oxygen atoms in total. The first-order chi connectivity index (χ1) is 29.0. The van der Waals surface area contributed by atoms with E-state index in [2.05, 4.69) is 5.32 Å². The van der Waals surface area contributed by atoms with Crippen molar-refractivity contribution in [1.82, 2.24) is 5.32 Å². The molecule has 5 rings (SSSR count). The Labute approximate surface area is 368 Å². The van der Waals surface area contributed by atoms with Gasteiger partial charge in [-0.15, -0.1) is 0 Å². The molecule has 63 heavy (non-hydrogen) atoms. The Morgan fingerprint density at radius 1 is 0.683 bits per heavy atom. The number of allylic oxidation sites excluding steroid dienone is 6. The average molecular weight is 875 g/mol. The fraction of sp³-hybridized carbons (Fsp3) is 0.644. The largest absolute Gasteiger partial charge is 0.481 e. The minimum Gasteiger partial charge on any atom is -0.481 e. The average Bonchev–Trinajstić information content (AvgIpc) is 3.75. The molecule has 5 aliphatic rings. The molecule has 0 saturated carbocycles. The second-order valence-electron chi connectivity index (χ2n) is 19.9. The van der Waals surface area contributed by atoms with Crippen molar-refractivity contribution in [2.75, 3.05) is 0 Å². The number of carbonyl (C=O) groups is 7. The van der Waals surface area contributed by atoms with Crippen LogP contribution in [0.1, 0.15) is 126 Å². The number of nitrogens with one attached hydrogen (secondary N) is 1. The van der Waals surface area contributed by atoms with E-state index in [-0.39, 0.29) is 64.2 Å². The standard InChI is InChI=1S/C45H66N10O8/c1-21-36-24(10-13-30(47)57)41(3,4)28(53-36)18-27-23(9-12-29(46)56)43(6,19-33(50)60)39(52-27)22(2)37-25(11-14-31(48)58)44(7,20-34(51)61)45(8,55-37)40-26(17-32(49)59)42(5,38(21)54-40)16-15-35(62)63/h18,23-26,40,52H,9-17,19-20H2,1-8H3,(H2,46,56)(H2,47,57)(H2,48,58)(H2,49,59)(H2,50,60)(H2,51,61)(H,62,63)/b27-18-,36-21-,39-22-/t23-,24-,25-,26?,40?,42-,43+,44+,45-/m1/s1. The van der Waals surface area contributed by atoms with Gasteiger partial charge in [0.2, 0.25) is 35.4 Å². The van der Waals surface area contributed by atoms with Gasteiger partial charge in [0.1, 0.15) is 0 Å². The van der Waals surface area contributed by atoms with Crippen molar-refractivity contribution in [3.05, 3.63) is 34.3 Å². The number of aliphatic carboxylic acids is 1. The quantitative estimate of drug-likeness (QED) is 0.100. The fourth-order valence-electron chi connectivity index (χ4n) is 11.9. The van der Waals surface area contributed by atoms with Gasteiger partial charge in [0.05, 0.1) is 11.6 Å². The molecule has 0 radical (unpaired) electrons. The summed E-state index contributed by atoms with van der Waals surface area (Å²) < 4.78 is 0. The van der Waals surface area contributed by atoms with E-state index in [0.717, 1.165) is 0 Å². The molecule has 5 heterocycles. The highest BCUT2D eigenvalue weighted by Crippen LogP contribution is 2.62. The number of rotatable bonds is 18. The van der Waals surface area contributed by atoms with Crippen LogP contribution in [0.3, 0.4) is 0 Å². The molecule has 5 aliphatic heterocycles. The molecule has 344 valence electrons. The maximum absolute atomic E-state index is 13.4. The topological polar surface area (TPSA) is 345 Å². The molecule has 0 aromatic carbocycles. The van der Waals surface area contributed by atoms with Crippen LogP contribution in [0.4, 0.5) is 0 Å². The second kappa shape index (κ2) is 17.1. The monoisotopic (exact) mass is 875 g/mol. The van der Waals surface area contributed by atoms with Crippen LogP contribution in [0, 0.1) is 45.3 Å². The molecule has 9 atom stereocenters. The molecule has 14 N–H and O–H groups in total. The lowest BCUT2D eigenvalue weighted by Gasteiger charge is -2.48. The highest BCUT2D eigenvalue weighted by molar-refractivity contribution is 6.10. The maximum atomic E-state index is 13.4. The highest BCUT2D eigenvalue weighted by Gasteiger charge is 2.66. The van der Waals surface area contributed by atoms with Gasteiger partial charge in [0, 0.05) is 125 Å². The van der Waals surface area contributed by atoms with Gasteiger partial charge in [-0.05, 0) is 63.7 Å². The van der Waals surface area contributed by atoms with Crippen molar-refractivity contribution in [3.8, 4) is 0 Å². The summed E-state index contributed by atoms with van der Waals surface area (Å²) >= 11 is 0. The minimum absolute atomic E-state index is 0.0237. The number of hydrogen-bond acceptors (Lipinski definition) is 11. The predicted octanol–water partition coefficient (Wildman–Crippen LogP) is 2.32. The third kappa shape index (κ3) is 8.56. The summed E-state index contributed by atoms with van der Waals surface area (Å²) in [5.41, 5.74) is 34.4. The van der Waals surface area contributed by atoms with Gasteiger partial charge < -0.3 is 44.8 Å². The number of aliphatic imine (C=N–C) groups is 3. The molecular formula is C45H66N10O8. The minimum atomic E-state index is -1.39. The van der Waals surface area contributed by atoms with Crippen LogP contribution in [-0.2, 0) is 33.6 Å². The van der Waals surface area contributed by atoms with E-state index >= 15 is 0 Å². The van der Waals surface area contributed by atoms with E-state index in [1.54, 1.807) is 0 Å². The number of primary amides is 6. The Balaban J connectivity index is 2.03. The highest BCUT2D eigenvalue weighted by atomic mass is 16.4. The Bertz CT molecular complexity index is 2220. The summed E-state index contributed by atoms with van der Waals surface area (Å²) in [4.78, 5) is 106. The summed E-state index contributed by atoms with van der Waals surface area (Å²) in [5, 5.41) is 13.8. The van der Waals surface area contributed by atoms with Gasteiger partial charge >= 0.3 is 5.97 Å². The van der Waals surface area contributed by atoms with Crippen LogP contribution < -0.4 is 39.7 Å². The van der Waals surface area contributed by atoms with Crippen LogP contribution in [-0.4, -0.2) is 75.2 Å². The lowest BCUT2D eigenvalue weighted by Crippen LogP contribution is -2.56. The number of nitrogens with zero attached hydrogens (tertiary/aromatic N) is 3. The van der Waals surface area contributed by atoms with E-state index in [9.17, 15) is 38.7 Å². The summed E-state index contributed by atoms with van der Waals surface area (Å²) in [5.74, 6) is -7.06. The van der Waals surface area contributed by atoms with Crippen molar-refractivity contribution < 1.29 is 38.7 Å². The number of carboxylic acid groups (broad SMARTS) is 1. The predicted molar refractivity (Wildman–Crippen MR) is 237 cm³/mol. The van der Waals surface area contributed by atoms with Crippen molar-refractivity contribution in [3.63, 3.8) is 0 Å². The Morgan fingerprint density at radius 2 is 1.22 bits per heavy atom. The van der Waals surface area contributed by atoms with Gasteiger partial charge in [0.25, 0.3) is 0 Å². The molecule has 1 saturated heterocycles. The molecule has 0 aromatic heterocycles. The number of carboxylic acids is 1. The zero-order valence-corrected chi connectivity index (χ0v) is 37.9. The van der Waals surface area contributed by atoms with Crippen molar-refractivity contribution in [2.24, 2.45) is 94.7 Å². The smallest absolute Gasteiger partial charge is 0.303 e. The molecule has 8 bridgehead atoms. The van der Waals surface area contributed by atoms with E-state index in [0.29, 0.717) is 51.8 Å². The molecule has 0 spiro atoms. The summed E-state index contributed by atoms with van der Waals surface area (Å²) in [6.07, 6.45) is 1.58. The van der Waals surface area contributed by atoms with Gasteiger partial charge in [0.15, 0.2) is 0 Å². The van der Waals surface area contributed by atoms with Crippen LogP contribution in [0.25, 0.3) is 0 Å². The van der Waals surface area contributed by atoms with E-state index < -0.39 is 98.3 Å². The lowest BCUT2D eigenvalue weighted by atomic mass is 9.55. The molecule has 1 fully saturated rings. The first-order valence-corrected chi connectivity index (χ1v) is 21.6. The SMILES string of the molecule is C/C1=C2N=C(/C=C3\N/C(=C(/C)C4=N[C@](C)(C5N=C1[C@](C)(CCC(=O)O)C5CC(N)=O)[C@@](C)(CC(N)=O)[C@@H]4CCC(N)=O)[C@@](C)(CC(N)=O)[C@@H]3CCC(N)=O)C(C)(C)[C@@H]/2CCC(N)=O. The fourth-order valence-corrected chi connectivity index (χ4v) is 11.9. The van der Waals surface area contributed by atoms with Crippen molar-refractivity contribution >= 4 is 58.5 Å². The second-order valence-corrected chi connectivity index (χ2v) is 19.9. The summed E-state index contributed by atoms with van der Waals surface area (Å²) in [6, 6.07) is -0.928. The number of hydrogen-bond donors (Lipinski definition) is 8. The zero-order chi connectivity index (χ0) is 47.4. The molecule has 18 heteroatoms. The van der Waals surface area contributed by atoms with Crippen LogP contribution >= 0.6 is 0 Å². The first kappa shape index (κ1) is 48.4. The third-order valence-corrected chi connectivity index (χ3v) is 15.5. The first-order valence-electron chi connectivity index (χ1n) is 21.6. The van der Waals surface area contributed by atoms with E-state index in [4.69, 9.17) is 49.4 Å². The number of amides is 6. The summed E-state index contributed by atoms with van der Waals surface area (Å²) in [6.45, 7) is 15.1. The van der Waals surface area contributed by atoms with Gasteiger partial charge in [-0.2, -0.15) is 0 Å². The zero-order valence-electron chi connectivity index (χ0n) is 37.9. The van der Waals surface area contributed by atoms with E-state index in [1.165, 1.54) is 0 Å². The van der Waals surface area contributed by atoms with Gasteiger partial charge in [-0.1, -0.05) is 34.6 Å². The Morgan fingerprint density at radius 3 is 1.73 bits per heavy atom. The Hall–Kier alpha value is -5.68. The lowest BCUT2D eigenvalue weighted by molar-refractivity contribution is -0.137. The third-order valence-electron chi connectivity index (χ3n) is 15.5. The van der Waals surface area contributed by atoms with Crippen molar-refractivity contribution in [1.29, 1.82) is 0 Å². The van der Waals surface area contributed by atoms with Crippen LogP contribution in [0.2, 0.25) is 0 Å². The molecule has 0 aliphatic carbocycles. The molecular weight excluding hydrogens is 809 g/mol. The summed E-state index contributed by atoms with van der Waals surface area (Å²) in [7, 11) is 0. The maximum Gasteiger partial charge on any atom is 0.303 e.